The van der Waals surface area contributed by atoms with Crippen molar-refractivity contribution in [1.29, 1.82) is 0 Å². The lowest BCUT2D eigenvalue weighted by molar-refractivity contribution is 0.278. The van der Waals surface area contributed by atoms with Crippen LogP contribution in [0.5, 0.6) is 0 Å². The molecule has 1 aliphatic heterocycles. The summed E-state index contributed by atoms with van der Waals surface area (Å²) in [6, 6.07) is 12.3. The van der Waals surface area contributed by atoms with Gasteiger partial charge in [-0.1, -0.05) is 23.4 Å². The molecule has 2 heterocycles. The van der Waals surface area contributed by atoms with E-state index in [1.54, 1.807) is 0 Å². The number of pyridine rings is 1. The molecule has 0 spiro atoms. The lowest BCUT2D eigenvalue weighted by Gasteiger charge is -2.35. The van der Waals surface area contributed by atoms with Crippen molar-refractivity contribution < 1.29 is 5.21 Å². The number of nitrogens with zero attached hydrogens (tertiary/aromatic N) is 4. The predicted octanol–water partition coefficient (Wildman–Crippen LogP) is 1.10. The summed E-state index contributed by atoms with van der Waals surface area (Å²) in [6.07, 6.45) is 0. The van der Waals surface area contributed by atoms with Crippen LogP contribution in [0.25, 0.3) is 10.9 Å². The number of piperazine rings is 1. The fourth-order valence-corrected chi connectivity index (χ4v) is 2.63. The number of rotatable bonds is 3. The van der Waals surface area contributed by atoms with E-state index in [1.807, 2.05) is 18.2 Å². The maximum atomic E-state index is 8.61. The number of hydrogen-bond acceptors (Lipinski definition) is 5. The first-order valence-electron chi connectivity index (χ1n) is 7.06. The highest BCUT2D eigenvalue weighted by Gasteiger charge is 2.18. The van der Waals surface area contributed by atoms with Crippen LogP contribution in [0, 0.1) is 0 Å². The largest absolute Gasteiger partial charge is 0.409 e. The molecule has 1 aromatic carbocycles. The van der Waals surface area contributed by atoms with Crippen LogP contribution in [0.15, 0.2) is 41.6 Å². The molecule has 0 unspecified atom stereocenters. The molecule has 6 nitrogen and oxygen atoms in total. The van der Waals surface area contributed by atoms with Crippen LogP contribution in [-0.4, -0.2) is 53.7 Å². The molecule has 1 aromatic heterocycles. The minimum absolute atomic E-state index is 0.257. The van der Waals surface area contributed by atoms with Crippen LogP contribution in [0.4, 0.5) is 5.82 Å². The van der Waals surface area contributed by atoms with E-state index >= 15 is 0 Å². The average Bonchev–Trinajstić information content (AvgIpc) is 2.55. The topological polar surface area (TPSA) is 78.0 Å². The van der Waals surface area contributed by atoms with Gasteiger partial charge in [-0.3, -0.25) is 4.90 Å². The fourth-order valence-electron chi connectivity index (χ4n) is 2.63. The molecule has 110 valence electrons. The number of oxime groups is 1. The number of fused-ring (bicyclic) bond motifs is 1. The van der Waals surface area contributed by atoms with Crippen LogP contribution in [-0.2, 0) is 0 Å². The monoisotopic (exact) mass is 285 g/mol. The molecule has 0 saturated carbocycles. The van der Waals surface area contributed by atoms with Crippen molar-refractivity contribution in [2.75, 3.05) is 37.6 Å². The van der Waals surface area contributed by atoms with Crippen molar-refractivity contribution in [2.45, 2.75) is 0 Å². The van der Waals surface area contributed by atoms with Crippen molar-refractivity contribution in [3.63, 3.8) is 0 Å². The van der Waals surface area contributed by atoms with Crippen molar-refractivity contribution in [1.82, 2.24) is 9.88 Å². The van der Waals surface area contributed by atoms with Crippen LogP contribution < -0.4 is 10.6 Å². The Balaban J connectivity index is 1.68. The summed E-state index contributed by atoms with van der Waals surface area (Å²) in [4.78, 5) is 9.17. The number of anilines is 1. The molecule has 1 saturated heterocycles. The first-order chi connectivity index (χ1) is 10.3. The molecule has 0 atom stereocenters. The summed E-state index contributed by atoms with van der Waals surface area (Å²) in [5.74, 6) is 1.27. The molecule has 6 heteroatoms. The molecule has 0 aliphatic carbocycles. The quantitative estimate of drug-likeness (QED) is 0.382. The Morgan fingerprint density at radius 1 is 1.14 bits per heavy atom. The van der Waals surface area contributed by atoms with E-state index in [0.717, 1.165) is 42.9 Å². The number of benzene rings is 1. The van der Waals surface area contributed by atoms with Crippen molar-refractivity contribution in [3.05, 3.63) is 36.4 Å². The molecular weight excluding hydrogens is 266 g/mol. The van der Waals surface area contributed by atoms with E-state index in [2.05, 4.69) is 33.2 Å². The standard InChI is InChI=1S/C15H19N5O/c16-14(18-21)11-19-7-9-20(10-8-19)15-6-5-12-3-1-2-4-13(12)17-15/h1-6,21H,7-11H2,(H2,16,18). The van der Waals surface area contributed by atoms with Crippen LogP contribution in [0.3, 0.4) is 0 Å². The molecule has 0 amide bonds. The van der Waals surface area contributed by atoms with Gasteiger partial charge in [0, 0.05) is 31.6 Å². The van der Waals surface area contributed by atoms with Gasteiger partial charge in [-0.25, -0.2) is 4.98 Å². The highest BCUT2D eigenvalue weighted by molar-refractivity contribution is 5.81. The van der Waals surface area contributed by atoms with E-state index < -0.39 is 0 Å². The molecule has 2 aromatic rings. The first-order valence-corrected chi connectivity index (χ1v) is 7.06. The van der Waals surface area contributed by atoms with E-state index in [0.29, 0.717) is 6.54 Å². The Kier molecular flexibility index (Phi) is 3.87. The molecule has 3 rings (SSSR count). The van der Waals surface area contributed by atoms with E-state index in [4.69, 9.17) is 15.9 Å². The maximum Gasteiger partial charge on any atom is 0.153 e. The number of para-hydroxylation sites is 1. The molecular formula is C15H19N5O. The number of nitrogens with two attached hydrogens (primary N) is 1. The number of hydrogen-bond donors (Lipinski definition) is 2. The van der Waals surface area contributed by atoms with Gasteiger partial charge in [0.15, 0.2) is 5.84 Å². The summed E-state index contributed by atoms with van der Waals surface area (Å²) in [5.41, 5.74) is 6.57. The summed E-state index contributed by atoms with van der Waals surface area (Å²) < 4.78 is 0. The van der Waals surface area contributed by atoms with Gasteiger partial charge in [-0.15, -0.1) is 0 Å². The van der Waals surface area contributed by atoms with E-state index in [1.165, 1.54) is 0 Å². The van der Waals surface area contributed by atoms with Gasteiger partial charge in [-0.2, -0.15) is 0 Å². The molecule has 1 fully saturated rings. The van der Waals surface area contributed by atoms with E-state index in [-0.39, 0.29) is 5.84 Å². The van der Waals surface area contributed by atoms with Crippen molar-refractivity contribution in [3.8, 4) is 0 Å². The van der Waals surface area contributed by atoms with Gasteiger partial charge in [0.2, 0.25) is 0 Å². The fraction of sp³-hybridized carbons (Fsp3) is 0.333. The summed E-state index contributed by atoms with van der Waals surface area (Å²) in [5, 5.41) is 12.8. The summed E-state index contributed by atoms with van der Waals surface area (Å²) >= 11 is 0. The third-order valence-electron chi connectivity index (χ3n) is 3.79. The van der Waals surface area contributed by atoms with Crippen molar-refractivity contribution in [2.24, 2.45) is 10.9 Å². The predicted molar refractivity (Wildman–Crippen MR) is 83.8 cm³/mol. The second-order valence-corrected chi connectivity index (χ2v) is 5.22. The van der Waals surface area contributed by atoms with Crippen LogP contribution in [0.2, 0.25) is 0 Å². The van der Waals surface area contributed by atoms with Gasteiger partial charge in [0.1, 0.15) is 5.82 Å². The third-order valence-corrected chi connectivity index (χ3v) is 3.79. The van der Waals surface area contributed by atoms with Crippen LogP contribution in [0.1, 0.15) is 0 Å². The number of amidine groups is 1. The lowest BCUT2D eigenvalue weighted by atomic mass is 10.2. The Labute approximate surface area is 123 Å². The van der Waals surface area contributed by atoms with Crippen molar-refractivity contribution >= 4 is 22.6 Å². The highest BCUT2D eigenvalue weighted by Crippen LogP contribution is 2.19. The van der Waals surface area contributed by atoms with Gasteiger partial charge in [0.25, 0.3) is 0 Å². The maximum absolute atomic E-state index is 8.61. The van der Waals surface area contributed by atoms with E-state index in [9.17, 15) is 0 Å². The van der Waals surface area contributed by atoms with Gasteiger partial charge in [0.05, 0.1) is 12.1 Å². The first kappa shape index (κ1) is 13.6. The molecule has 0 bridgehead atoms. The molecule has 1 aliphatic rings. The normalized spacial score (nSPS) is 17.3. The minimum atomic E-state index is 0.257. The third kappa shape index (κ3) is 3.05. The summed E-state index contributed by atoms with van der Waals surface area (Å²) in [6.45, 7) is 4.05. The second kappa shape index (κ2) is 5.97. The second-order valence-electron chi connectivity index (χ2n) is 5.22. The SMILES string of the molecule is NC(CN1CCN(c2ccc3ccccc3n2)CC1)=NO. The lowest BCUT2D eigenvalue weighted by Crippen LogP contribution is -2.49. The highest BCUT2D eigenvalue weighted by atomic mass is 16.4. The summed E-state index contributed by atoms with van der Waals surface area (Å²) in [7, 11) is 0. The Hall–Kier alpha value is -2.34. The van der Waals surface area contributed by atoms with Gasteiger partial charge in [-0.05, 0) is 18.2 Å². The Bertz CT molecular complexity index is 649. The van der Waals surface area contributed by atoms with Gasteiger partial charge < -0.3 is 15.8 Å². The van der Waals surface area contributed by atoms with Crippen LogP contribution >= 0.6 is 0 Å². The Morgan fingerprint density at radius 3 is 2.67 bits per heavy atom. The molecule has 3 N–H and O–H groups in total. The Morgan fingerprint density at radius 2 is 1.90 bits per heavy atom. The zero-order valence-electron chi connectivity index (χ0n) is 11.8. The molecule has 0 radical (unpaired) electrons. The molecule has 21 heavy (non-hydrogen) atoms. The van der Waals surface area contributed by atoms with Gasteiger partial charge >= 0.3 is 0 Å². The smallest absolute Gasteiger partial charge is 0.153 e. The number of aromatic nitrogens is 1. The zero-order valence-corrected chi connectivity index (χ0v) is 11.8. The minimum Gasteiger partial charge on any atom is -0.409 e. The zero-order chi connectivity index (χ0) is 14.7. The average molecular weight is 285 g/mol.